The lowest BCUT2D eigenvalue weighted by Gasteiger charge is -2.11. The Morgan fingerprint density at radius 3 is 2.55 bits per heavy atom. The number of carbonyl (C=O) groups is 1. The molecule has 0 aliphatic carbocycles. The van der Waals surface area contributed by atoms with E-state index in [1.807, 2.05) is 13.8 Å². The van der Waals surface area contributed by atoms with Crippen LogP contribution in [-0.2, 0) is 19.4 Å². The van der Waals surface area contributed by atoms with E-state index >= 15 is 0 Å². The van der Waals surface area contributed by atoms with Crippen molar-refractivity contribution in [1.29, 1.82) is 0 Å². The number of sulfone groups is 1. The smallest absolute Gasteiger partial charge is 0.333 e. The van der Waals surface area contributed by atoms with Gasteiger partial charge in [-0.1, -0.05) is 20.4 Å². The Morgan fingerprint density at radius 1 is 1.36 bits per heavy atom. The lowest BCUT2D eigenvalue weighted by molar-refractivity contribution is -0.138. The number of benzene rings is 1. The molecule has 22 heavy (non-hydrogen) atoms. The second-order valence-corrected chi connectivity index (χ2v) is 7.57. The van der Waals surface area contributed by atoms with E-state index in [4.69, 9.17) is 4.74 Å². The maximum Gasteiger partial charge on any atom is 0.333 e. The van der Waals surface area contributed by atoms with Crippen molar-refractivity contribution >= 4 is 15.8 Å². The molecule has 1 aromatic carbocycles. The van der Waals surface area contributed by atoms with Gasteiger partial charge in [0.15, 0.2) is 9.84 Å². The molecule has 0 heterocycles. The monoisotopic (exact) mass is 326 g/mol. The van der Waals surface area contributed by atoms with E-state index in [2.05, 4.69) is 6.58 Å². The van der Waals surface area contributed by atoms with Gasteiger partial charge in [-0.3, -0.25) is 0 Å². The number of aromatic hydroxyl groups is 1. The molecule has 0 radical (unpaired) electrons. The van der Waals surface area contributed by atoms with Gasteiger partial charge >= 0.3 is 5.97 Å². The molecule has 0 aliphatic rings. The summed E-state index contributed by atoms with van der Waals surface area (Å²) in [6, 6.07) is 4.27. The molecule has 122 valence electrons. The Bertz CT molecular complexity index is 659. The Hall–Kier alpha value is -1.82. The van der Waals surface area contributed by atoms with Gasteiger partial charge in [0, 0.05) is 5.57 Å². The third kappa shape index (κ3) is 4.87. The molecule has 0 saturated heterocycles. The Kier molecular flexibility index (Phi) is 6.17. The molecule has 0 aliphatic heterocycles. The van der Waals surface area contributed by atoms with E-state index in [0.717, 1.165) is 0 Å². The molecule has 0 spiro atoms. The van der Waals surface area contributed by atoms with E-state index in [0.29, 0.717) is 5.56 Å². The van der Waals surface area contributed by atoms with Crippen LogP contribution in [-0.4, -0.2) is 31.9 Å². The van der Waals surface area contributed by atoms with Crippen molar-refractivity contribution < 1.29 is 23.1 Å². The van der Waals surface area contributed by atoms with Crippen LogP contribution in [0.15, 0.2) is 35.2 Å². The number of ether oxygens (including phenoxy) is 1. The highest BCUT2D eigenvalue weighted by Crippen LogP contribution is 2.28. The average molecular weight is 326 g/mol. The van der Waals surface area contributed by atoms with Gasteiger partial charge < -0.3 is 9.84 Å². The van der Waals surface area contributed by atoms with E-state index < -0.39 is 15.8 Å². The molecule has 0 aromatic heterocycles. The molecule has 5 nitrogen and oxygen atoms in total. The highest BCUT2D eigenvalue weighted by molar-refractivity contribution is 7.91. The van der Waals surface area contributed by atoms with E-state index in [1.165, 1.54) is 25.1 Å². The van der Waals surface area contributed by atoms with Gasteiger partial charge in [-0.15, -0.1) is 0 Å². The Balaban J connectivity index is 2.73. The van der Waals surface area contributed by atoms with Gasteiger partial charge in [0.1, 0.15) is 5.75 Å². The van der Waals surface area contributed by atoms with E-state index in [1.54, 1.807) is 0 Å². The summed E-state index contributed by atoms with van der Waals surface area (Å²) >= 11 is 0. The van der Waals surface area contributed by atoms with Crippen molar-refractivity contribution in [3.05, 3.63) is 35.9 Å². The third-order valence-corrected chi connectivity index (χ3v) is 4.92. The molecule has 6 heteroatoms. The minimum Gasteiger partial charge on any atom is -0.508 e. The van der Waals surface area contributed by atoms with Crippen LogP contribution in [0.3, 0.4) is 0 Å². The fourth-order valence-electron chi connectivity index (χ4n) is 1.84. The van der Waals surface area contributed by atoms with Gasteiger partial charge in [-0.25, -0.2) is 13.2 Å². The minimum atomic E-state index is -3.48. The molecular formula is C16H22O5S. The molecule has 1 rings (SSSR count). The number of carbonyl (C=O) groups excluding carboxylic acids is 1. The van der Waals surface area contributed by atoms with Crippen molar-refractivity contribution in [2.24, 2.45) is 0 Å². The van der Waals surface area contributed by atoms with Crippen LogP contribution in [0, 0.1) is 0 Å². The van der Waals surface area contributed by atoms with Crippen molar-refractivity contribution in [3.63, 3.8) is 0 Å². The Morgan fingerprint density at radius 2 is 2.00 bits per heavy atom. The van der Waals surface area contributed by atoms with Gasteiger partial charge in [-0.2, -0.15) is 0 Å². The summed E-state index contributed by atoms with van der Waals surface area (Å²) in [7, 11) is -3.48. The van der Waals surface area contributed by atoms with E-state index in [9.17, 15) is 18.3 Å². The van der Waals surface area contributed by atoms with Crippen LogP contribution in [0.1, 0.15) is 38.7 Å². The van der Waals surface area contributed by atoms with Gasteiger partial charge in [0.25, 0.3) is 0 Å². The lowest BCUT2D eigenvalue weighted by Crippen LogP contribution is -2.12. The predicted molar refractivity (Wildman–Crippen MR) is 84.6 cm³/mol. The maximum atomic E-state index is 12.3. The van der Waals surface area contributed by atoms with Crippen molar-refractivity contribution in [2.45, 2.75) is 38.0 Å². The van der Waals surface area contributed by atoms with Gasteiger partial charge in [0.05, 0.1) is 17.3 Å². The fraction of sp³-hybridized carbons (Fsp3) is 0.438. The standard InChI is InChI=1S/C16H22O5S/c1-11(2)14-10-13(6-7-15(14)17)22(19,20)9-5-8-21-16(18)12(3)4/h6-7,10-11,17H,3,5,8-9H2,1-2,4H3. The largest absolute Gasteiger partial charge is 0.508 e. The molecule has 0 bridgehead atoms. The molecule has 0 saturated carbocycles. The third-order valence-electron chi connectivity index (χ3n) is 3.12. The summed E-state index contributed by atoms with van der Waals surface area (Å²) in [6.07, 6.45) is 0.208. The fourth-order valence-corrected chi connectivity index (χ4v) is 3.16. The van der Waals surface area contributed by atoms with Crippen molar-refractivity contribution in [3.8, 4) is 5.75 Å². The van der Waals surface area contributed by atoms with Crippen molar-refractivity contribution in [2.75, 3.05) is 12.4 Å². The van der Waals surface area contributed by atoms with Gasteiger partial charge in [-0.05, 0) is 43.0 Å². The van der Waals surface area contributed by atoms with Crippen LogP contribution in [0.5, 0.6) is 5.75 Å². The Labute approximate surface area is 131 Å². The summed E-state index contributed by atoms with van der Waals surface area (Å²) in [5.41, 5.74) is 0.873. The minimum absolute atomic E-state index is 0.0201. The second kappa shape index (κ2) is 7.45. The van der Waals surface area contributed by atoms with Crippen LogP contribution in [0.4, 0.5) is 0 Å². The molecule has 1 N–H and O–H groups in total. The highest BCUT2D eigenvalue weighted by Gasteiger charge is 2.17. The normalized spacial score (nSPS) is 11.5. The maximum absolute atomic E-state index is 12.3. The molecule has 0 fully saturated rings. The molecule has 0 amide bonds. The topological polar surface area (TPSA) is 80.7 Å². The first-order chi connectivity index (χ1) is 10.1. The second-order valence-electron chi connectivity index (χ2n) is 5.46. The van der Waals surface area contributed by atoms with Crippen LogP contribution in [0.25, 0.3) is 0 Å². The number of esters is 1. The zero-order valence-corrected chi connectivity index (χ0v) is 13.9. The number of rotatable bonds is 7. The molecular weight excluding hydrogens is 304 g/mol. The molecule has 0 atom stereocenters. The zero-order valence-electron chi connectivity index (χ0n) is 13.1. The molecule has 1 aromatic rings. The van der Waals surface area contributed by atoms with Crippen LogP contribution in [0.2, 0.25) is 0 Å². The van der Waals surface area contributed by atoms with Crippen LogP contribution < -0.4 is 0 Å². The number of phenols is 1. The zero-order chi connectivity index (χ0) is 16.9. The summed E-state index contributed by atoms with van der Waals surface area (Å²) in [6.45, 7) is 8.76. The average Bonchev–Trinajstić information content (AvgIpc) is 2.43. The number of hydrogen-bond donors (Lipinski definition) is 1. The summed E-state index contributed by atoms with van der Waals surface area (Å²) in [5, 5.41) is 9.74. The first-order valence-corrected chi connectivity index (χ1v) is 8.68. The number of hydrogen-bond acceptors (Lipinski definition) is 5. The first kappa shape index (κ1) is 18.2. The van der Waals surface area contributed by atoms with Crippen LogP contribution >= 0.6 is 0 Å². The highest BCUT2D eigenvalue weighted by atomic mass is 32.2. The SMILES string of the molecule is C=C(C)C(=O)OCCCS(=O)(=O)c1ccc(O)c(C(C)C)c1. The summed E-state index contributed by atoms with van der Waals surface area (Å²) in [5.74, 6) is -0.543. The van der Waals surface area contributed by atoms with Gasteiger partial charge in [0.2, 0.25) is 0 Å². The summed E-state index contributed by atoms with van der Waals surface area (Å²) < 4.78 is 29.4. The quantitative estimate of drug-likeness (QED) is 0.473. The lowest BCUT2D eigenvalue weighted by atomic mass is 10.0. The van der Waals surface area contributed by atoms with Crippen molar-refractivity contribution in [1.82, 2.24) is 0 Å². The summed E-state index contributed by atoms with van der Waals surface area (Å²) in [4.78, 5) is 11.4. The first-order valence-electron chi connectivity index (χ1n) is 7.03. The number of phenolic OH excluding ortho intramolecular Hbond substituents is 1. The molecule has 0 unspecified atom stereocenters. The van der Waals surface area contributed by atoms with E-state index in [-0.39, 0.29) is 40.9 Å². The predicted octanol–water partition coefficient (Wildman–Crippen LogP) is 2.80.